The highest BCUT2D eigenvalue weighted by molar-refractivity contribution is 7.89. The standard InChI is InChI=1S/C21H25F2N3O3S/c1-3-26(4-2)30(28,29)18-9-10-20(23)19(15-18)21(27)25-13-11-24(12-14-25)17-7-5-16(22)6-8-17/h5-10,15H,3-4,11-14H2,1-2H3. The molecule has 1 fully saturated rings. The maximum absolute atomic E-state index is 14.4. The van der Waals surface area contributed by atoms with Crippen LogP contribution in [-0.2, 0) is 10.0 Å². The van der Waals surface area contributed by atoms with Crippen LogP contribution in [-0.4, -0.2) is 62.8 Å². The van der Waals surface area contributed by atoms with Crippen molar-refractivity contribution in [2.24, 2.45) is 0 Å². The van der Waals surface area contributed by atoms with Gasteiger partial charge in [0.2, 0.25) is 10.0 Å². The lowest BCUT2D eigenvalue weighted by molar-refractivity contribution is 0.0741. The van der Waals surface area contributed by atoms with Crippen molar-refractivity contribution in [1.29, 1.82) is 0 Å². The van der Waals surface area contributed by atoms with E-state index in [9.17, 15) is 22.0 Å². The van der Waals surface area contributed by atoms with E-state index >= 15 is 0 Å². The van der Waals surface area contributed by atoms with Crippen LogP contribution in [0.5, 0.6) is 0 Å². The number of carbonyl (C=O) groups excluding carboxylic acids is 1. The first-order chi connectivity index (χ1) is 14.3. The number of halogens is 2. The first-order valence-corrected chi connectivity index (χ1v) is 11.3. The molecular formula is C21H25F2N3O3S. The Kier molecular flexibility index (Phi) is 6.72. The Morgan fingerprint density at radius 1 is 0.967 bits per heavy atom. The molecule has 0 spiro atoms. The fourth-order valence-electron chi connectivity index (χ4n) is 3.53. The predicted octanol–water partition coefficient (Wildman–Crippen LogP) is 2.96. The highest BCUT2D eigenvalue weighted by Gasteiger charge is 2.28. The molecule has 6 nitrogen and oxygen atoms in total. The van der Waals surface area contributed by atoms with Crippen molar-refractivity contribution in [2.75, 3.05) is 44.2 Å². The van der Waals surface area contributed by atoms with E-state index in [2.05, 4.69) is 0 Å². The molecule has 1 amide bonds. The van der Waals surface area contributed by atoms with Crippen LogP contribution in [0.3, 0.4) is 0 Å². The summed E-state index contributed by atoms with van der Waals surface area (Å²) in [6.07, 6.45) is 0. The van der Waals surface area contributed by atoms with Gasteiger partial charge in [-0.3, -0.25) is 4.79 Å². The highest BCUT2D eigenvalue weighted by Crippen LogP contribution is 2.22. The number of hydrogen-bond acceptors (Lipinski definition) is 4. The molecule has 1 saturated heterocycles. The molecular weight excluding hydrogens is 412 g/mol. The molecule has 0 atom stereocenters. The topological polar surface area (TPSA) is 60.9 Å². The summed E-state index contributed by atoms with van der Waals surface area (Å²) in [4.78, 5) is 16.3. The van der Waals surface area contributed by atoms with Crippen LogP contribution in [0.25, 0.3) is 0 Å². The molecule has 2 aromatic carbocycles. The fraction of sp³-hybridized carbons (Fsp3) is 0.381. The minimum absolute atomic E-state index is 0.0964. The Bertz CT molecular complexity index is 1000. The average Bonchev–Trinajstić information content (AvgIpc) is 2.75. The van der Waals surface area contributed by atoms with Gasteiger partial charge >= 0.3 is 0 Å². The lowest BCUT2D eigenvalue weighted by atomic mass is 10.1. The van der Waals surface area contributed by atoms with Crippen molar-refractivity contribution >= 4 is 21.6 Å². The van der Waals surface area contributed by atoms with Crippen molar-refractivity contribution in [3.63, 3.8) is 0 Å². The number of piperazine rings is 1. The normalized spacial score (nSPS) is 15.0. The van der Waals surface area contributed by atoms with Crippen LogP contribution in [0.15, 0.2) is 47.4 Å². The zero-order chi connectivity index (χ0) is 21.9. The second-order valence-corrected chi connectivity index (χ2v) is 8.92. The molecule has 0 unspecified atom stereocenters. The Hall–Kier alpha value is -2.52. The molecule has 9 heteroatoms. The van der Waals surface area contributed by atoms with Crippen LogP contribution in [0, 0.1) is 11.6 Å². The summed E-state index contributed by atoms with van der Waals surface area (Å²) in [5.41, 5.74) is 0.598. The smallest absolute Gasteiger partial charge is 0.256 e. The van der Waals surface area contributed by atoms with Gasteiger partial charge in [-0.2, -0.15) is 4.31 Å². The quantitative estimate of drug-likeness (QED) is 0.697. The number of amides is 1. The van der Waals surface area contributed by atoms with E-state index in [0.29, 0.717) is 26.2 Å². The third-order valence-corrected chi connectivity index (χ3v) is 7.32. The minimum Gasteiger partial charge on any atom is -0.368 e. The van der Waals surface area contributed by atoms with Gasteiger partial charge in [0.1, 0.15) is 11.6 Å². The van der Waals surface area contributed by atoms with Crippen LogP contribution in [0.4, 0.5) is 14.5 Å². The summed E-state index contributed by atoms with van der Waals surface area (Å²) >= 11 is 0. The fourth-order valence-corrected chi connectivity index (χ4v) is 5.02. The molecule has 0 saturated carbocycles. The van der Waals surface area contributed by atoms with Gasteiger partial charge in [0.05, 0.1) is 10.5 Å². The Balaban J connectivity index is 1.76. The van der Waals surface area contributed by atoms with Crippen molar-refractivity contribution in [3.8, 4) is 0 Å². The monoisotopic (exact) mass is 437 g/mol. The predicted molar refractivity (Wildman–Crippen MR) is 111 cm³/mol. The van der Waals surface area contributed by atoms with Crippen LogP contribution in [0.2, 0.25) is 0 Å². The number of sulfonamides is 1. The number of rotatable bonds is 6. The van der Waals surface area contributed by atoms with E-state index in [4.69, 9.17) is 0 Å². The Labute approximate surface area is 175 Å². The molecule has 1 aliphatic rings. The van der Waals surface area contributed by atoms with Gasteiger partial charge in [-0.05, 0) is 42.5 Å². The van der Waals surface area contributed by atoms with E-state index in [1.165, 1.54) is 27.4 Å². The van der Waals surface area contributed by atoms with Gasteiger partial charge < -0.3 is 9.80 Å². The van der Waals surface area contributed by atoms with E-state index < -0.39 is 21.7 Å². The summed E-state index contributed by atoms with van der Waals surface area (Å²) in [7, 11) is -3.80. The SMILES string of the molecule is CCN(CC)S(=O)(=O)c1ccc(F)c(C(=O)N2CCN(c3ccc(F)cc3)CC2)c1. The zero-order valence-corrected chi connectivity index (χ0v) is 17.8. The van der Waals surface area contributed by atoms with Crippen LogP contribution < -0.4 is 4.90 Å². The summed E-state index contributed by atoms with van der Waals surface area (Å²) < 4.78 is 54.2. The third-order valence-electron chi connectivity index (χ3n) is 5.27. The second-order valence-electron chi connectivity index (χ2n) is 6.99. The molecule has 162 valence electrons. The van der Waals surface area contributed by atoms with Crippen molar-refractivity contribution in [3.05, 3.63) is 59.7 Å². The molecule has 2 aromatic rings. The first-order valence-electron chi connectivity index (χ1n) is 9.87. The largest absolute Gasteiger partial charge is 0.368 e. The van der Waals surface area contributed by atoms with E-state index in [1.54, 1.807) is 26.0 Å². The molecule has 0 bridgehead atoms. The van der Waals surface area contributed by atoms with Crippen LogP contribution >= 0.6 is 0 Å². The van der Waals surface area contributed by atoms with Gasteiger partial charge in [0.15, 0.2) is 0 Å². The van der Waals surface area contributed by atoms with E-state index in [0.717, 1.165) is 17.8 Å². The highest BCUT2D eigenvalue weighted by atomic mass is 32.2. The second kappa shape index (κ2) is 9.09. The number of benzene rings is 2. The summed E-state index contributed by atoms with van der Waals surface area (Å²) in [5.74, 6) is -1.61. The maximum atomic E-state index is 14.4. The molecule has 0 aromatic heterocycles. The maximum Gasteiger partial charge on any atom is 0.256 e. The molecule has 1 heterocycles. The molecule has 1 aliphatic heterocycles. The zero-order valence-electron chi connectivity index (χ0n) is 17.0. The number of anilines is 1. The van der Waals surface area contributed by atoms with Crippen LogP contribution in [0.1, 0.15) is 24.2 Å². The Morgan fingerprint density at radius 3 is 2.13 bits per heavy atom. The average molecular weight is 438 g/mol. The molecule has 3 rings (SSSR count). The lowest BCUT2D eigenvalue weighted by Crippen LogP contribution is -2.49. The molecule has 0 N–H and O–H groups in total. The van der Waals surface area contributed by atoms with Crippen molar-refractivity contribution in [1.82, 2.24) is 9.21 Å². The minimum atomic E-state index is -3.80. The van der Waals surface area contributed by atoms with E-state index in [-0.39, 0.29) is 29.4 Å². The van der Waals surface area contributed by atoms with Crippen molar-refractivity contribution < 1.29 is 22.0 Å². The van der Waals surface area contributed by atoms with Gasteiger partial charge in [-0.15, -0.1) is 0 Å². The van der Waals surface area contributed by atoms with Gasteiger partial charge in [0.25, 0.3) is 5.91 Å². The third kappa shape index (κ3) is 4.46. The lowest BCUT2D eigenvalue weighted by Gasteiger charge is -2.36. The van der Waals surface area contributed by atoms with E-state index in [1.807, 2.05) is 4.90 Å². The number of nitrogens with zero attached hydrogens (tertiary/aromatic N) is 3. The first kappa shape index (κ1) is 22.2. The summed E-state index contributed by atoms with van der Waals surface area (Å²) in [6, 6.07) is 9.44. The van der Waals surface area contributed by atoms with Gasteiger partial charge in [-0.25, -0.2) is 17.2 Å². The number of carbonyl (C=O) groups is 1. The molecule has 30 heavy (non-hydrogen) atoms. The molecule has 0 aliphatic carbocycles. The van der Waals surface area contributed by atoms with Gasteiger partial charge in [-0.1, -0.05) is 13.8 Å². The number of hydrogen-bond donors (Lipinski definition) is 0. The van der Waals surface area contributed by atoms with Crippen molar-refractivity contribution in [2.45, 2.75) is 18.7 Å². The van der Waals surface area contributed by atoms with Gasteiger partial charge in [0, 0.05) is 45.0 Å². The summed E-state index contributed by atoms with van der Waals surface area (Å²) in [6.45, 7) is 5.72. The molecule has 0 radical (unpaired) electrons. The summed E-state index contributed by atoms with van der Waals surface area (Å²) in [5, 5.41) is 0. The Morgan fingerprint density at radius 2 is 1.57 bits per heavy atom.